The van der Waals surface area contributed by atoms with Crippen LogP contribution in [0.1, 0.15) is 50.0 Å². The molecule has 0 amide bonds. The Balaban J connectivity index is 1.67. The molecule has 116 valence electrons. The van der Waals surface area contributed by atoms with Crippen molar-refractivity contribution < 1.29 is 4.74 Å². The van der Waals surface area contributed by atoms with Crippen molar-refractivity contribution in [2.75, 3.05) is 7.11 Å². The van der Waals surface area contributed by atoms with Crippen LogP contribution in [0.2, 0.25) is 0 Å². The minimum atomic E-state index is 0.258. The maximum Gasteiger partial charge on any atom is 0.0768 e. The van der Waals surface area contributed by atoms with E-state index in [9.17, 15) is 0 Å². The Morgan fingerprint density at radius 1 is 1.14 bits per heavy atom. The van der Waals surface area contributed by atoms with Crippen LogP contribution in [0.4, 0.5) is 0 Å². The van der Waals surface area contributed by atoms with Crippen LogP contribution in [0, 0.1) is 11.8 Å². The Morgan fingerprint density at radius 3 is 2.48 bits per heavy atom. The molecule has 0 radical (unpaired) electrons. The van der Waals surface area contributed by atoms with E-state index in [0.29, 0.717) is 17.8 Å². The number of rotatable bonds is 6. The molecule has 4 atom stereocenters. The summed E-state index contributed by atoms with van der Waals surface area (Å²) in [6, 6.07) is 11.1. The average molecular weight is 288 g/mol. The van der Waals surface area contributed by atoms with Crippen molar-refractivity contribution in [3.8, 4) is 0 Å². The molecule has 0 aromatic heterocycles. The lowest BCUT2D eigenvalue weighted by molar-refractivity contribution is 0.00194. The molecule has 3 nitrogen and oxygen atoms in total. The van der Waals surface area contributed by atoms with Crippen LogP contribution < -0.4 is 11.3 Å². The van der Waals surface area contributed by atoms with Crippen molar-refractivity contribution in [2.45, 2.75) is 56.6 Å². The standard InChI is InChI=1S/C18H28N2O/c1-21-18(14-10-6-3-7-11-14)17(20-19)16-12-15(16)13-8-4-2-5-9-13/h2,4-5,8-9,14-18,20H,3,6-7,10-12,19H2,1H3. The van der Waals surface area contributed by atoms with E-state index in [2.05, 4.69) is 35.8 Å². The number of nitrogens with one attached hydrogen (secondary N) is 1. The lowest BCUT2D eigenvalue weighted by atomic mass is 9.81. The molecule has 3 rings (SSSR count). The fourth-order valence-corrected chi connectivity index (χ4v) is 4.25. The Hall–Kier alpha value is -0.900. The van der Waals surface area contributed by atoms with Gasteiger partial charge in [0.25, 0.3) is 0 Å². The molecule has 3 heteroatoms. The van der Waals surface area contributed by atoms with Crippen molar-refractivity contribution in [3.63, 3.8) is 0 Å². The molecule has 1 aromatic carbocycles. The van der Waals surface area contributed by atoms with Crippen molar-refractivity contribution in [1.29, 1.82) is 0 Å². The number of nitrogens with two attached hydrogens (primary N) is 1. The fourth-order valence-electron chi connectivity index (χ4n) is 4.25. The zero-order valence-corrected chi connectivity index (χ0v) is 13.0. The van der Waals surface area contributed by atoms with Gasteiger partial charge < -0.3 is 4.74 Å². The molecule has 0 bridgehead atoms. The molecule has 4 unspecified atom stereocenters. The quantitative estimate of drug-likeness (QED) is 0.624. The molecule has 2 aliphatic rings. The SMILES string of the molecule is COC(C1CCCCC1)C(NN)C1CC1c1ccccc1. The third kappa shape index (κ3) is 3.31. The summed E-state index contributed by atoms with van der Waals surface area (Å²) in [5.74, 6) is 7.84. The highest BCUT2D eigenvalue weighted by Gasteiger charge is 2.48. The summed E-state index contributed by atoms with van der Waals surface area (Å²) in [5.41, 5.74) is 4.53. The molecule has 0 heterocycles. The number of methoxy groups -OCH3 is 1. The molecule has 2 fully saturated rings. The summed E-state index contributed by atoms with van der Waals surface area (Å²) < 4.78 is 5.89. The Bertz CT molecular complexity index is 430. The number of hydrogen-bond donors (Lipinski definition) is 2. The second-order valence-electron chi connectivity index (χ2n) is 6.71. The summed E-state index contributed by atoms with van der Waals surface area (Å²) in [6.07, 6.45) is 8.13. The fraction of sp³-hybridized carbons (Fsp3) is 0.667. The van der Waals surface area contributed by atoms with Crippen molar-refractivity contribution in [2.24, 2.45) is 17.7 Å². The molecular formula is C18H28N2O. The normalized spacial score (nSPS) is 29.0. The summed E-state index contributed by atoms with van der Waals surface area (Å²) in [6.45, 7) is 0. The molecule has 2 saturated carbocycles. The first-order valence-corrected chi connectivity index (χ1v) is 8.39. The largest absolute Gasteiger partial charge is 0.379 e. The number of hydrazine groups is 1. The van der Waals surface area contributed by atoms with Crippen molar-refractivity contribution in [3.05, 3.63) is 35.9 Å². The van der Waals surface area contributed by atoms with Gasteiger partial charge >= 0.3 is 0 Å². The Kier molecular flexibility index (Phi) is 4.94. The van der Waals surface area contributed by atoms with Gasteiger partial charge in [0.2, 0.25) is 0 Å². The predicted octanol–water partition coefficient (Wildman–Crippen LogP) is 3.22. The molecule has 0 spiro atoms. The highest BCUT2D eigenvalue weighted by Crippen LogP contribution is 2.51. The van der Waals surface area contributed by atoms with E-state index >= 15 is 0 Å². The first kappa shape index (κ1) is 15.0. The second kappa shape index (κ2) is 6.91. The monoisotopic (exact) mass is 288 g/mol. The van der Waals surface area contributed by atoms with Gasteiger partial charge in [-0.05, 0) is 42.6 Å². The van der Waals surface area contributed by atoms with Crippen LogP contribution >= 0.6 is 0 Å². The molecule has 1 aromatic rings. The van der Waals surface area contributed by atoms with Crippen LogP contribution in [0.3, 0.4) is 0 Å². The summed E-state index contributed by atoms with van der Waals surface area (Å²) in [4.78, 5) is 0. The summed E-state index contributed by atoms with van der Waals surface area (Å²) in [7, 11) is 1.85. The van der Waals surface area contributed by atoms with E-state index in [0.717, 1.165) is 0 Å². The van der Waals surface area contributed by atoms with Gasteiger partial charge in [-0.25, -0.2) is 0 Å². The summed E-state index contributed by atoms with van der Waals surface area (Å²) in [5, 5.41) is 0. The molecule has 2 aliphatic carbocycles. The van der Waals surface area contributed by atoms with Crippen molar-refractivity contribution >= 4 is 0 Å². The van der Waals surface area contributed by atoms with E-state index < -0.39 is 0 Å². The lowest BCUT2D eigenvalue weighted by Crippen LogP contribution is -2.50. The van der Waals surface area contributed by atoms with E-state index in [1.807, 2.05) is 7.11 Å². The minimum Gasteiger partial charge on any atom is -0.379 e. The maximum atomic E-state index is 5.91. The van der Waals surface area contributed by atoms with E-state index in [4.69, 9.17) is 10.6 Å². The lowest BCUT2D eigenvalue weighted by Gasteiger charge is -2.35. The van der Waals surface area contributed by atoms with Crippen LogP contribution in [-0.4, -0.2) is 19.3 Å². The Morgan fingerprint density at radius 2 is 1.86 bits per heavy atom. The second-order valence-corrected chi connectivity index (χ2v) is 6.71. The van der Waals surface area contributed by atoms with Crippen LogP contribution in [0.25, 0.3) is 0 Å². The highest BCUT2D eigenvalue weighted by molar-refractivity contribution is 5.27. The van der Waals surface area contributed by atoms with Gasteiger partial charge in [-0.3, -0.25) is 11.3 Å². The van der Waals surface area contributed by atoms with E-state index in [1.54, 1.807) is 0 Å². The van der Waals surface area contributed by atoms with Crippen LogP contribution in [0.15, 0.2) is 30.3 Å². The number of hydrogen-bond acceptors (Lipinski definition) is 3. The van der Waals surface area contributed by atoms with Gasteiger partial charge in [0.15, 0.2) is 0 Å². The molecule has 21 heavy (non-hydrogen) atoms. The number of ether oxygens (including phenoxy) is 1. The van der Waals surface area contributed by atoms with Gasteiger partial charge in [-0.2, -0.15) is 0 Å². The van der Waals surface area contributed by atoms with Gasteiger partial charge in [-0.15, -0.1) is 0 Å². The summed E-state index contributed by atoms with van der Waals surface area (Å²) >= 11 is 0. The average Bonchev–Trinajstić information content (AvgIpc) is 3.34. The predicted molar refractivity (Wildman–Crippen MR) is 85.8 cm³/mol. The van der Waals surface area contributed by atoms with E-state index in [1.165, 1.54) is 44.1 Å². The van der Waals surface area contributed by atoms with Gasteiger partial charge in [0.05, 0.1) is 12.1 Å². The third-order valence-corrected chi connectivity index (χ3v) is 5.46. The van der Waals surface area contributed by atoms with Crippen LogP contribution in [0.5, 0.6) is 0 Å². The third-order valence-electron chi connectivity index (χ3n) is 5.46. The highest BCUT2D eigenvalue weighted by atomic mass is 16.5. The van der Waals surface area contributed by atoms with Crippen molar-refractivity contribution in [1.82, 2.24) is 5.43 Å². The van der Waals surface area contributed by atoms with Gasteiger partial charge in [0, 0.05) is 7.11 Å². The first-order chi connectivity index (χ1) is 10.3. The molecule has 0 saturated heterocycles. The van der Waals surface area contributed by atoms with Gasteiger partial charge in [-0.1, -0.05) is 49.6 Å². The Labute approximate surface area is 128 Å². The zero-order chi connectivity index (χ0) is 14.7. The smallest absolute Gasteiger partial charge is 0.0768 e. The molecular weight excluding hydrogens is 260 g/mol. The number of benzene rings is 1. The first-order valence-electron chi connectivity index (χ1n) is 8.39. The van der Waals surface area contributed by atoms with Crippen LogP contribution in [-0.2, 0) is 4.74 Å². The minimum absolute atomic E-state index is 0.258. The molecule has 3 N–H and O–H groups in total. The zero-order valence-electron chi connectivity index (χ0n) is 13.0. The van der Waals surface area contributed by atoms with E-state index in [-0.39, 0.29) is 12.1 Å². The maximum absolute atomic E-state index is 5.91. The van der Waals surface area contributed by atoms with Gasteiger partial charge in [0.1, 0.15) is 0 Å². The molecule has 0 aliphatic heterocycles. The topological polar surface area (TPSA) is 47.3 Å².